The van der Waals surface area contributed by atoms with Crippen LogP contribution in [0, 0.1) is 0 Å². The van der Waals surface area contributed by atoms with E-state index in [4.69, 9.17) is 16.2 Å². The lowest BCUT2D eigenvalue weighted by molar-refractivity contribution is -0.149. The van der Waals surface area contributed by atoms with Gasteiger partial charge in [-0.3, -0.25) is 14.4 Å². The molecule has 3 aromatic rings. The van der Waals surface area contributed by atoms with Gasteiger partial charge in [0, 0.05) is 42.1 Å². The van der Waals surface area contributed by atoms with Crippen LogP contribution in [0.2, 0.25) is 0 Å². The molecule has 0 aliphatic carbocycles. The Labute approximate surface area is 219 Å². The number of hydrogen-bond donors (Lipinski definition) is 2. The summed E-state index contributed by atoms with van der Waals surface area (Å²) in [6, 6.07) is 10.0. The Hall–Kier alpha value is -2.79. The van der Waals surface area contributed by atoms with Crippen LogP contribution < -0.4 is 11.5 Å². The highest BCUT2D eigenvalue weighted by atomic mass is 32.1. The third-order valence-electron chi connectivity index (χ3n) is 5.94. The van der Waals surface area contributed by atoms with E-state index in [9.17, 15) is 14.4 Å². The molecule has 194 valence electrons. The van der Waals surface area contributed by atoms with Gasteiger partial charge in [0.1, 0.15) is 18.7 Å². The van der Waals surface area contributed by atoms with E-state index in [0.717, 1.165) is 20.5 Å². The van der Waals surface area contributed by atoms with Crippen molar-refractivity contribution in [3.05, 3.63) is 57.6 Å². The van der Waals surface area contributed by atoms with Crippen molar-refractivity contribution >= 4 is 50.5 Å². The Morgan fingerprint density at radius 2 is 1.72 bits per heavy atom. The SMILES string of the molecule is CN(C(=O)COCC(C)(C)N)[C@H](Cc1csc2ccccc12)C(=O)N(C)[C@H](Cc1cccs1)C(N)=O. The van der Waals surface area contributed by atoms with Crippen molar-refractivity contribution in [2.24, 2.45) is 11.5 Å². The van der Waals surface area contributed by atoms with Crippen LogP contribution in [-0.2, 0) is 32.0 Å². The van der Waals surface area contributed by atoms with Crippen molar-refractivity contribution in [3.63, 3.8) is 0 Å². The van der Waals surface area contributed by atoms with Crippen LogP contribution >= 0.6 is 22.7 Å². The van der Waals surface area contributed by atoms with Gasteiger partial charge in [-0.05, 0) is 47.7 Å². The monoisotopic (exact) mass is 530 g/mol. The van der Waals surface area contributed by atoms with Gasteiger partial charge >= 0.3 is 0 Å². The predicted octanol–water partition coefficient (Wildman–Crippen LogP) is 2.64. The standard InChI is InChI=1S/C26H34N4O4S2/c1-26(2,28)16-34-14-23(31)29(3)21(12-17-15-36-22-10-6-5-9-19(17)22)25(33)30(4)20(24(27)32)13-18-8-7-11-35-18/h5-11,15,20-21H,12-14,16,28H2,1-4H3,(H2,27,32)/t20-,21-/m1/s1. The largest absolute Gasteiger partial charge is 0.370 e. The molecule has 0 saturated carbocycles. The van der Waals surface area contributed by atoms with E-state index >= 15 is 0 Å². The quantitative estimate of drug-likeness (QED) is 0.373. The van der Waals surface area contributed by atoms with E-state index in [2.05, 4.69) is 0 Å². The molecule has 2 heterocycles. The zero-order chi connectivity index (χ0) is 26.5. The van der Waals surface area contributed by atoms with Crippen molar-refractivity contribution in [2.75, 3.05) is 27.3 Å². The normalized spacial score (nSPS) is 13.4. The molecule has 8 nitrogen and oxygen atoms in total. The molecule has 0 spiro atoms. The van der Waals surface area contributed by atoms with Crippen LogP contribution in [0.15, 0.2) is 47.2 Å². The molecule has 4 N–H and O–H groups in total. The maximum absolute atomic E-state index is 13.8. The summed E-state index contributed by atoms with van der Waals surface area (Å²) in [6.45, 7) is 3.61. The first kappa shape index (κ1) is 27.8. The molecule has 0 fully saturated rings. The zero-order valence-corrected chi connectivity index (χ0v) is 22.7. The summed E-state index contributed by atoms with van der Waals surface area (Å²) in [4.78, 5) is 42.9. The highest BCUT2D eigenvalue weighted by molar-refractivity contribution is 7.17. The van der Waals surface area contributed by atoms with Crippen molar-refractivity contribution in [2.45, 2.75) is 44.3 Å². The van der Waals surface area contributed by atoms with E-state index in [1.54, 1.807) is 25.4 Å². The smallest absolute Gasteiger partial charge is 0.249 e. The van der Waals surface area contributed by atoms with Crippen molar-refractivity contribution in [1.82, 2.24) is 9.80 Å². The molecule has 0 unspecified atom stereocenters. The van der Waals surface area contributed by atoms with Crippen LogP contribution in [0.3, 0.4) is 0 Å². The van der Waals surface area contributed by atoms with Crippen LogP contribution in [0.25, 0.3) is 10.1 Å². The Bertz CT molecular complexity index is 1190. The number of rotatable bonds is 12. The highest BCUT2D eigenvalue weighted by Gasteiger charge is 2.35. The predicted molar refractivity (Wildman–Crippen MR) is 145 cm³/mol. The molecule has 1 aromatic carbocycles. The zero-order valence-electron chi connectivity index (χ0n) is 21.1. The maximum Gasteiger partial charge on any atom is 0.249 e. The average Bonchev–Trinajstić information content (AvgIpc) is 3.48. The highest BCUT2D eigenvalue weighted by Crippen LogP contribution is 2.28. The molecule has 0 aliphatic heterocycles. The van der Waals surface area contributed by atoms with Gasteiger partial charge in [0.05, 0.1) is 6.61 Å². The molecule has 3 rings (SSSR count). The number of hydrogen-bond acceptors (Lipinski definition) is 7. The molecule has 3 amide bonds. The fourth-order valence-corrected chi connectivity index (χ4v) is 5.62. The maximum atomic E-state index is 13.8. The number of primary amides is 1. The number of likely N-dealkylation sites (N-methyl/N-ethyl adjacent to an activating group) is 2. The van der Waals surface area contributed by atoms with Gasteiger partial charge in [-0.2, -0.15) is 0 Å². The number of ether oxygens (including phenoxy) is 1. The van der Waals surface area contributed by atoms with Crippen molar-refractivity contribution in [1.29, 1.82) is 0 Å². The minimum absolute atomic E-state index is 0.199. The topological polar surface area (TPSA) is 119 Å². The summed E-state index contributed by atoms with van der Waals surface area (Å²) < 4.78 is 6.62. The molecule has 10 heteroatoms. The number of amides is 3. The summed E-state index contributed by atoms with van der Waals surface area (Å²) in [5.41, 5.74) is 12.0. The van der Waals surface area contributed by atoms with Gasteiger partial charge in [-0.15, -0.1) is 22.7 Å². The van der Waals surface area contributed by atoms with Crippen molar-refractivity contribution < 1.29 is 19.1 Å². The first-order valence-electron chi connectivity index (χ1n) is 11.6. The summed E-state index contributed by atoms with van der Waals surface area (Å²) in [7, 11) is 3.15. The summed E-state index contributed by atoms with van der Waals surface area (Å²) in [5.74, 6) is -1.30. The Morgan fingerprint density at radius 3 is 2.36 bits per heavy atom. The summed E-state index contributed by atoms with van der Waals surface area (Å²) >= 11 is 3.08. The van der Waals surface area contributed by atoms with Crippen LogP contribution in [-0.4, -0.2) is 72.5 Å². The Morgan fingerprint density at radius 1 is 1.00 bits per heavy atom. The molecule has 0 radical (unpaired) electrons. The number of carbonyl (C=O) groups excluding carboxylic acids is 3. The number of benzene rings is 1. The fraction of sp³-hybridized carbons (Fsp3) is 0.423. The Kier molecular flexibility index (Phi) is 9.24. The average molecular weight is 531 g/mol. The van der Waals surface area contributed by atoms with E-state index < -0.39 is 23.5 Å². The summed E-state index contributed by atoms with van der Waals surface area (Å²) in [6.07, 6.45) is 0.609. The fourth-order valence-electron chi connectivity index (χ4n) is 3.90. The molecular formula is C26H34N4O4S2. The second kappa shape index (κ2) is 12.0. The first-order valence-corrected chi connectivity index (χ1v) is 13.4. The second-order valence-electron chi connectivity index (χ2n) is 9.61. The third kappa shape index (κ3) is 7.13. The number of fused-ring (bicyclic) bond motifs is 1. The molecule has 36 heavy (non-hydrogen) atoms. The number of nitrogens with two attached hydrogens (primary N) is 2. The molecule has 0 bridgehead atoms. The minimum Gasteiger partial charge on any atom is -0.370 e. The second-order valence-corrected chi connectivity index (χ2v) is 11.6. The number of thiophene rings is 2. The first-order chi connectivity index (χ1) is 17.0. The molecule has 2 atom stereocenters. The van der Waals surface area contributed by atoms with Crippen LogP contribution in [0.1, 0.15) is 24.3 Å². The van der Waals surface area contributed by atoms with Crippen molar-refractivity contribution in [3.8, 4) is 0 Å². The molecule has 2 aromatic heterocycles. The molecular weight excluding hydrogens is 496 g/mol. The van der Waals surface area contributed by atoms with Gasteiger partial charge in [-0.25, -0.2) is 0 Å². The van der Waals surface area contributed by atoms with Crippen LogP contribution in [0.4, 0.5) is 0 Å². The van der Waals surface area contributed by atoms with Gasteiger partial charge in [0.15, 0.2) is 0 Å². The van der Waals surface area contributed by atoms with E-state index in [1.807, 2.05) is 61.0 Å². The lowest BCUT2D eigenvalue weighted by atomic mass is 10.0. The lowest BCUT2D eigenvalue weighted by Gasteiger charge is -2.34. The molecule has 0 aliphatic rings. The van der Waals surface area contributed by atoms with Crippen LogP contribution in [0.5, 0.6) is 0 Å². The third-order valence-corrected chi connectivity index (χ3v) is 7.85. The van der Waals surface area contributed by atoms with E-state index in [-0.39, 0.29) is 25.0 Å². The van der Waals surface area contributed by atoms with E-state index in [0.29, 0.717) is 12.8 Å². The van der Waals surface area contributed by atoms with Gasteiger partial charge in [0.25, 0.3) is 0 Å². The number of carbonyl (C=O) groups is 3. The van der Waals surface area contributed by atoms with E-state index in [1.165, 1.54) is 21.1 Å². The minimum atomic E-state index is -0.847. The Balaban J connectivity index is 1.86. The number of nitrogens with zero attached hydrogens (tertiary/aromatic N) is 2. The summed E-state index contributed by atoms with van der Waals surface area (Å²) in [5, 5.41) is 4.96. The van der Waals surface area contributed by atoms with Gasteiger partial charge < -0.3 is 26.0 Å². The molecule has 0 saturated heterocycles. The van der Waals surface area contributed by atoms with Gasteiger partial charge in [-0.1, -0.05) is 24.3 Å². The van der Waals surface area contributed by atoms with Gasteiger partial charge in [0.2, 0.25) is 17.7 Å². The lowest BCUT2D eigenvalue weighted by Crippen LogP contribution is -2.55.